The molecule has 1 aromatic carbocycles. The van der Waals surface area contributed by atoms with E-state index in [9.17, 15) is 14.3 Å². The van der Waals surface area contributed by atoms with E-state index in [0.29, 0.717) is 18.7 Å². The van der Waals surface area contributed by atoms with Crippen LogP contribution in [0.25, 0.3) is 0 Å². The van der Waals surface area contributed by atoms with Crippen molar-refractivity contribution in [1.29, 1.82) is 0 Å². The number of anilines is 2. The van der Waals surface area contributed by atoms with E-state index >= 15 is 0 Å². The SMILES string of the molecule is Nc1cc(F)ccc1NC[C@@H]1CC(O)CN1C(=O)O. The molecule has 2 rings (SSSR count). The minimum atomic E-state index is -1.06. The van der Waals surface area contributed by atoms with Crippen molar-refractivity contribution in [3.63, 3.8) is 0 Å². The zero-order valence-corrected chi connectivity index (χ0v) is 10.2. The summed E-state index contributed by atoms with van der Waals surface area (Å²) in [7, 11) is 0. The monoisotopic (exact) mass is 269 g/mol. The highest BCUT2D eigenvalue weighted by molar-refractivity contribution is 5.67. The number of hydrogen-bond donors (Lipinski definition) is 4. The summed E-state index contributed by atoms with van der Waals surface area (Å²) in [6.07, 6.45) is -1.33. The van der Waals surface area contributed by atoms with Crippen LogP contribution in [0.4, 0.5) is 20.6 Å². The fraction of sp³-hybridized carbons (Fsp3) is 0.417. The Bertz CT molecular complexity index is 483. The molecule has 1 fully saturated rings. The Morgan fingerprint density at radius 1 is 1.58 bits per heavy atom. The van der Waals surface area contributed by atoms with Crippen molar-refractivity contribution in [3.05, 3.63) is 24.0 Å². The van der Waals surface area contributed by atoms with Gasteiger partial charge in [0.25, 0.3) is 0 Å². The molecule has 7 heteroatoms. The fourth-order valence-corrected chi connectivity index (χ4v) is 2.24. The van der Waals surface area contributed by atoms with Crippen LogP contribution < -0.4 is 11.1 Å². The molecule has 0 aliphatic carbocycles. The van der Waals surface area contributed by atoms with E-state index in [4.69, 9.17) is 10.8 Å². The number of aliphatic hydroxyl groups is 1. The Hall–Kier alpha value is -2.02. The molecule has 1 aliphatic heterocycles. The number of benzene rings is 1. The minimum absolute atomic E-state index is 0.112. The van der Waals surface area contributed by atoms with Gasteiger partial charge in [-0.15, -0.1) is 0 Å². The van der Waals surface area contributed by atoms with Crippen LogP contribution in [0.5, 0.6) is 0 Å². The molecular formula is C12H16FN3O3. The smallest absolute Gasteiger partial charge is 0.407 e. The van der Waals surface area contributed by atoms with Gasteiger partial charge in [-0.25, -0.2) is 9.18 Å². The van der Waals surface area contributed by atoms with Crippen LogP contribution in [0.1, 0.15) is 6.42 Å². The molecular weight excluding hydrogens is 253 g/mol. The lowest BCUT2D eigenvalue weighted by Crippen LogP contribution is -2.38. The van der Waals surface area contributed by atoms with Crippen LogP contribution in [0.3, 0.4) is 0 Å². The number of β-amino-alcohol motifs (C(OH)–C–C–N with tert-alkyl or cyclic N) is 1. The molecule has 1 saturated heterocycles. The highest BCUT2D eigenvalue weighted by Gasteiger charge is 2.33. The second-order valence-corrected chi connectivity index (χ2v) is 4.59. The number of rotatable bonds is 3. The van der Waals surface area contributed by atoms with Crippen molar-refractivity contribution in [2.75, 3.05) is 24.1 Å². The van der Waals surface area contributed by atoms with Gasteiger partial charge in [0.05, 0.1) is 30.1 Å². The lowest BCUT2D eigenvalue weighted by molar-refractivity contribution is 0.132. The largest absolute Gasteiger partial charge is 0.465 e. The summed E-state index contributed by atoms with van der Waals surface area (Å²) in [6.45, 7) is 0.430. The molecule has 0 aromatic heterocycles. The number of halogens is 1. The van der Waals surface area contributed by atoms with Gasteiger partial charge in [0.2, 0.25) is 0 Å². The van der Waals surface area contributed by atoms with E-state index in [1.807, 2.05) is 0 Å². The Labute approximate surface area is 109 Å². The van der Waals surface area contributed by atoms with E-state index in [2.05, 4.69) is 5.32 Å². The quantitative estimate of drug-likeness (QED) is 0.612. The standard InChI is InChI=1S/C12H16FN3O3/c13-7-1-2-11(10(14)3-7)15-5-8-4-9(17)6-16(8)12(18)19/h1-3,8-9,15,17H,4-6,14H2,(H,18,19)/t8-,9?/m0/s1. The van der Waals surface area contributed by atoms with E-state index < -0.39 is 18.0 Å². The summed E-state index contributed by atoms with van der Waals surface area (Å²) in [4.78, 5) is 12.2. The van der Waals surface area contributed by atoms with Crippen LogP contribution >= 0.6 is 0 Å². The zero-order chi connectivity index (χ0) is 14.0. The van der Waals surface area contributed by atoms with E-state index in [-0.39, 0.29) is 18.3 Å². The maximum atomic E-state index is 12.9. The number of likely N-dealkylation sites (tertiary alicyclic amines) is 1. The van der Waals surface area contributed by atoms with Gasteiger partial charge in [-0.2, -0.15) is 0 Å². The number of carbonyl (C=O) groups is 1. The number of aliphatic hydroxyl groups excluding tert-OH is 1. The number of amides is 1. The zero-order valence-electron chi connectivity index (χ0n) is 10.2. The highest BCUT2D eigenvalue weighted by Crippen LogP contribution is 2.22. The van der Waals surface area contributed by atoms with Crippen molar-refractivity contribution >= 4 is 17.5 Å². The predicted octanol–water partition coefficient (Wildman–Crippen LogP) is 0.933. The van der Waals surface area contributed by atoms with Gasteiger partial charge in [0, 0.05) is 6.54 Å². The number of nitrogen functional groups attached to an aromatic ring is 1. The van der Waals surface area contributed by atoms with E-state index in [1.54, 1.807) is 0 Å². The van der Waals surface area contributed by atoms with Crippen molar-refractivity contribution in [3.8, 4) is 0 Å². The van der Waals surface area contributed by atoms with Crippen LogP contribution in [-0.2, 0) is 0 Å². The van der Waals surface area contributed by atoms with Crippen molar-refractivity contribution < 1.29 is 19.4 Å². The number of nitrogens with two attached hydrogens (primary N) is 1. The van der Waals surface area contributed by atoms with Crippen molar-refractivity contribution in [2.24, 2.45) is 0 Å². The molecule has 1 aromatic rings. The summed E-state index contributed by atoms with van der Waals surface area (Å²) < 4.78 is 12.9. The number of nitrogens with zero attached hydrogens (tertiary/aromatic N) is 1. The van der Waals surface area contributed by atoms with Crippen molar-refractivity contribution in [1.82, 2.24) is 4.90 Å². The first-order valence-corrected chi connectivity index (χ1v) is 5.94. The molecule has 0 bridgehead atoms. The summed E-state index contributed by atoms with van der Waals surface area (Å²) in [5, 5.41) is 21.5. The van der Waals surface area contributed by atoms with Gasteiger partial charge in [-0.1, -0.05) is 0 Å². The van der Waals surface area contributed by atoms with E-state index in [0.717, 1.165) is 0 Å². The first-order chi connectivity index (χ1) is 8.97. The van der Waals surface area contributed by atoms with Gasteiger partial charge >= 0.3 is 6.09 Å². The van der Waals surface area contributed by atoms with E-state index in [1.165, 1.54) is 23.1 Å². The molecule has 5 N–H and O–H groups in total. The van der Waals surface area contributed by atoms with Crippen LogP contribution in [0.15, 0.2) is 18.2 Å². The highest BCUT2D eigenvalue weighted by atomic mass is 19.1. The molecule has 2 atom stereocenters. The molecule has 0 saturated carbocycles. The molecule has 1 heterocycles. The maximum Gasteiger partial charge on any atom is 0.407 e. The van der Waals surface area contributed by atoms with Crippen LogP contribution in [0.2, 0.25) is 0 Å². The van der Waals surface area contributed by atoms with Crippen LogP contribution in [0, 0.1) is 5.82 Å². The first kappa shape index (κ1) is 13.4. The summed E-state index contributed by atoms with van der Waals surface area (Å²) >= 11 is 0. The van der Waals surface area contributed by atoms with Gasteiger partial charge in [-0.05, 0) is 24.6 Å². The number of carboxylic acid groups (broad SMARTS) is 1. The Morgan fingerprint density at radius 3 is 2.95 bits per heavy atom. The third-order valence-electron chi connectivity index (χ3n) is 3.18. The molecule has 1 unspecified atom stereocenters. The second kappa shape index (κ2) is 5.31. The second-order valence-electron chi connectivity index (χ2n) is 4.59. The lowest BCUT2D eigenvalue weighted by Gasteiger charge is -2.22. The van der Waals surface area contributed by atoms with Crippen molar-refractivity contribution in [2.45, 2.75) is 18.6 Å². The third kappa shape index (κ3) is 3.05. The molecule has 0 spiro atoms. The van der Waals surface area contributed by atoms with Gasteiger partial charge in [0.1, 0.15) is 5.82 Å². The van der Waals surface area contributed by atoms with Crippen LogP contribution in [-0.4, -0.2) is 46.4 Å². The lowest BCUT2D eigenvalue weighted by atomic mass is 10.2. The molecule has 0 radical (unpaired) electrons. The maximum absolute atomic E-state index is 12.9. The number of hydrogen-bond acceptors (Lipinski definition) is 4. The topological polar surface area (TPSA) is 98.8 Å². The molecule has 1 aliphatic rings. The normalized spacial score (nSPS) is 22.5. The predicted molar refractivity (Wildman–Crippen MR) is 68.4 cm³/mol. The molecule has 19 heavy (non-hydrogen) atoms. The Kier molecular flexibility index (Phi) is 3.75. The van der Waals surface area contributed by atoms with Gasteiger partial charge in [0.15, 0.2) is 0 Å². The average Bonchev–Trinajstić information content (AvgIpc) is 2.69. The summed E-state index contributed by atoms with van der Waals surface area (Å²) in [5.41, 5.74) is 6.46. The fourth-order valence-electron chi connectivity index (χ4n) is 2.24. The van der Waals surface area contributed by atoms with Gasteiger partial charge in [-0.3, -0.25) is 0 Å². The molecule has 1 amide bonds. The molecule has 104 valence electrons. The third-order valence-corrected chi connectivity index (χ3v) is 3.18. The summed E-state index contributed by atoms with van der Waals surface area (Å²) in [5.74, 6) is -0.425. The Balaban J connectivity index is 1.99. The summed E-state index contributed by atoms with van der Waals surface area (Å²) in [6, 6.07) is 3.65. The number of nitrogens with one attached hydrogen (secondary N) is 1. The van der Waals surface area contributed by atoms with Gasteiger partial charge < -0.3 is 26.2 Å². The Morgan fingerprint density at radius 2 is 2.32 bits per heavy atom. The minimum Gasteiger partial charge on any atom is -0.465 e. The average molecular weight is 269 g/mol. The first-order valence-electron chi connectivity index (χ1n) is 5.94. The molecule has 6 nitrogen and oxygen atoms in total.